The lowest BCUT2D eigenvalue weighted by molar-refractivity contribution is 0.0696. The van der Waals surface area contributed by atoms with Crippen molar-refractivity contribution in [3.05, 3.63) is 164 Å². The molecule has 4 atom stereocenters. The average Bonchev–Trinajstić information content (AvgIpc) is 3.37. The molecule has 2 unspecified atom stereocenters. The fourth-order valence-corrected chi connectivity index (χ4v) is 12.9. The molecule has 0 radical (unpaired) electrons. The van der Waals surface area contributed by atoms with Crippen LogP contribution in [0.1, 0.15) is 114 Å². The highest BCUT2D eigenvalue weighted by atomic mass is 16.5. The summed E-state index contributed by atoms with van der Waals surface area (Å²) < 4.78 is 35.6. The van der Waals surface area contributed by atoms with Crippen LogP contribution < -0.4 is 28.4 Å². The number of hydrogen-bond acceptors (Lipinski definition) is 14. The second-order valence-electron chi connectivity index (χ2n) is 23.3. The van der Waals surface area contributed by atoms with Crippen LogP contribution in [0.3, 0.4) is 0 Å². The topological polar surface area (TPSA) is 186 Å². The van der Waals surface area contributed by atoms with E-state index in [1.807, 2.05) is 114 Å². The summed E-state index contributed by atoms with van der Waals surface area (Å²) in [6, 6.07) is 30.9. The molecule has 8 aliphatic heterocycles. The lowest BCUT2D eigenvalue weighted by atomic mass is 9.94. The number of hydrogen-bond donors (Lipinski definition) is 0. The Kier molecular flexibility index (Phi) is 16.1. The zero-order chi connectivity index (χ0) is 60.6. The summed E-state index contributed by atoms with van der Waals surface area (Å²) in [7, 11) is 3.14. The quantitative estimate of drug-likeness (QED) is 0.0750. The number of nitrogens with zero attached hydrogens (tertiary/aromatic N) is 8. The number of benzene rings is 6. The van der Waals surface area contributed by atoms with Gasteiger partial charge in [-0.25, -0.2) is 0 Å². The molecule has 18 nitrogen and oxygen atoms in total. The van der Waals surface area contributed by atoms with E-state index < -0.39 is 0 Å². The summed E-state index contributed by atoms with van der Waals surface area (Å²) in [6.07, 6.45) is 15.1. The number of aryl methyl sites for hydroxylation is 2. The van der Waals surface area contributed by atoms with Crippen LogP contribution in [0, 0.1) is 13.8 Å². The molecule has 0 aliphatic carbocycles. The van der Waals surface area contributed by atoms with E-state index >= 15 is 0 Å². The number of rotatable bonds is 14. The van der Waals surface area contributed by atoms with Gasteiger partial charge in [-0.1, -0.05) is 60.2 Å². The van der Waals surface area contributed by atoms with Gasteiger partial charge in [0.15, 0.2) is 23.0 Å². The maximum absolute atomic E-state index is 13.6. The largest absolute Gasteiger partial charge is 0.493 e. The molecule has 0 bridgehead atoms. The van der Waals surface area contributed by atoms with Crippen molar-refractivity contribution in [2.24, 2.45) is 20.0 Å². The van der Waals surface area contributed by atoms with Gasteiger partial charge in [0.25, 0.3) is 23.6 Å². The fraction of sp³-hybridized carbons (Fsp3) is 0.343. The molecule has 0 N–H and O–H groups in total. The number of aliphatic imine (C=N–C) groups is 4. The normalized spacial score (nSPS) is 20.3. The molecule has 0 aromatic heterocycles. The highest BCUT2D eigenvalue weighted by Gasteiger charge is 2.38. The molecule has 4 amide bonds. The Morgan fingerprint density at radius 1 is 0.443 bits per heavy atom. The Hall–Kier alpha value is -9.58. The van der Waals surface area contributed by atoms with Gasteiger partial charge in [0.05, 0.1) is 110 Å². The molecule has 8 aliphatic rings. The second-order valence-corrected chi connectivity index (χ2v) is 23.3. The predicted octanol–water partition coefficient (Wildman–Crippen LogP) is 11.5. The van der Waals surface area contributed by atoms with E-state index in [0.29, 0.717) is 138 Å². The number of amides is 4. The molecule has 2 saturated heterocycles. The van der Waals surface area contributed by atoms with E-state index in [-0.39, 0.29) is 47.8 Å². The standard InChI is InChI=1S/C36H36N4O5.C34H34N4O5/c1-4-23-13-26-18-37-30-16-32(22(2)12-28(30)35(41)39(26)20-23)44-10-7-11-45-34-17-31-29(15-33(34)43-3)36(42)40-21-25-9-6-5-8-24(25)14-27(40)19-38-31;1-21-13-26-28(35-18-24-9-5-10-37(24)33(26)39)16-30(21)42-11-6-12-43-32-17-29-27(15-31(32)41-2)34(40)38-20-23-8-4-3-7-22(23)14-25(38)19-36-29/h4-6,8-9,12,15-19,26-27H,7,10-11,13-14,20-21H2,1-3H3;3-4,7-8,13,15-19,24-25H,5-6,9-12,14,20H2,1-2H3/b23-4-;/t26-,27?;24-,25?/m00/s1. The Labute approximate surface area is 511 Å². The van der Waals surface area contributed by atoms with E-state index in [0.717, 1.165) is 49.8 Å². The number of carbonyl (C=O) groups is 4. The summed E-state index contributed by atoms with van der Waals surface area (Å²) >= 11 is 0. The highest BCUT2D eigenvalue weighted by molar-refractivity contribution is 6.06. The van der Waals surface area contributed by atoms with E-state index in [2.05, 4.69) is 40.3 Å². The van der Waals surface area contributed by atoms with Gasteiger partial charge in [0.1, 0.15) is 11.5 Å². The summed E-state index contributed by atoms with van der Waals surface area (Å²) in [5.74, 6) is 3.36. The van der Waals surface area contributed by atoms with Gasteiger partial charge < -0.3 is 48.0 Å². The van der Waals surface area contributed by atoms with Crippen molar-refractivity contribution in [2.45, 2.75) is 103 Å². The van der Waals surface area contributed by atoms with Gasteiger partial charge in [-0.2, -0.15) is 0 Å². The zero-order valence-corrected chi connectivity index (χ0v) is 50.2. The number of fused-ring (bicyclic) bond motifs is 10. The van der Waals surface area contributed by atoms with Crippen molar-refractivity contribution in [1.82, 2.24) is 19.6 Å². The summed E-state index contributed by atoms with van der Waals surface area (Å²) in [5.41, 5.74) is 12.6. The van der Waals surface area contributed by atoms with Crippen LogP contribution in [0.2, 0.25) is 0 Å². The highest BCUT2D eigenvalue weighted by Crippen LogP contribution is 2.42. The van der Waals surface area contributed by atoms with E-state index in [4.69, 9.17) is 38.4 Å². The van der Waals surface area contributed by atoms with Gasteiger partial charge in [0.2, 0.25) is 0 Å². The zero-order valence-electron chi connectivity index (χ0n) is 50.2. The summed E-state index contributed by atoms with van der Waals surface area (Å²) in [4.78, 5) is 79.8. The van der Waals surface area contributed by atoms with Crippen LogP contribution in [0.25, 0.3) is 0 Å². The van der Waals surface area contributed by atoms with Gasteiger partial charge >= 0.3 is 0 Å². The van der Waals surface area contributed by atoms with E-state index in [1.165, 1.54) is 27.8 Å². The third-order valence-corrected chi connectivity index (χ3v) is 17.8. The Bertz CT molecular complexity index is 3940. The molecule has 450 valence electrons. The fourth-order valence-electron chi connectivity index (χ4n) is 12.9. The van der Waals surface area contributed by atoms with Gasteiger partial charge in [-0.3, -0.25) is 39.1 Å². The SMILES string of the molecule is C/C=C1/C[C@H]2C=Nc3cc(OCCCOc4cc5c(cc4OC)C(=O)N4Cc6ccccc6CC4C=N5)c(C)cc3C(=O)N2C1.COc1cc2c(cc1OCCCOc1cc3c(cc1C)C(=O)N1CCC[C@H]1C=N3)N=CC1Cc3ccccc3CN1C2=O. The second kappa shape index (κ2) is 24.7. The van der Waals surface area contributed by atoms with E-state index in [9.17, 15) is 19.2 Å². The van der Waals surface area contributed by atoms with Crippen LogP contribution in [0.4, 0.5) is 22.7 Å². The van der Waals surface area contributed by atoms with Gasteiger partial charge in [-0.05, 0) is 111 Å². The molecule has 2 fully saturated rings. The van der Waals surface area contributed by atoms with Crippen LogP contribution in [0.15, 0.2) is 129 Å². The molecule has 18 heteroatoms. The minimum absolute atomic E-state index is 0.00850. The van der Waals surface area contributed by atoms with Gasteiger partial charge in [0, 0.05) is 88.1 Å². The Balaban J connectivity index is 0.000000162. The third kappa shape index (κ3) is 11.3. The third-order valence-electron chi connectivity index (χ3n) is 17.8. The molecule has 14 rings (SSSR count). The van der Waals surface area contributed by atoms with Crippen molar-refractivity contribution in [3.8, 4) is 34.5 Å². The predicted molar refractivity (Wildman–Crippen MR) is 337 cm³/mol. The van der Waals surface area contributed by atoms with E-state index in [1.54, 1.807) is 38.5 Å². The first kappa shape index (κ1) is 57.5. The van der Waals surface area contributed by atoms with Crippen molar-refractivity contribution in [2.75, 3.05) is 53.7 Å². The van der Waals surface area contributed by atoms with Gasteiger partial charge in [-0.15, -0.1) is 0 Å². The number of methoxy groups -OCH3 is 2. The average molecular weight is 1180 g/mol. The molecule has 88 heavy (non-hydrogen) atoms. The minimum Gasteiger partial charge on any atom is -0.493 e. The van der Waals surface area contributed by atoms with Crippen molar-refractivity contribution in [3.63, 3.8) is 0 Å². The Morgan fingerprint density at radius 2 is 0.818 bits per heavy atom. The number of carbonyl (C=O) groups excluding carboxylic acids is 4. The van der Waals surface area contributed by atoms with Crippen LogP contribution in [-0.2, 0) is 25.9 Å². The first-order chi connectivity index (χ1) is 42.9. The van der Waals surface area contributed by atoms with Crippen molar-refractivity contribution in [1.29, 1.82) is 0 Å². The first-order valence-electron chi connectivity index (χ1n) is 30.4. The van der Waals surface area contributed by atoms with Crippen molar-refractivity contribution < 1.29 is 47.6 Å². The van der Waals surface area contributed by atoms with Crippen LogP contribution in [-0.4, -0.2) is 146 Å². The molecule has 8 heterocycles. The molecule has 6 aromatic carbocycles. The molecular weight excluding hydrogens is 1110 g/mol. The Morgan fingerprint density at radius 3 is 1.26 bits per heavy atom. The molecule has 0 saturated carbocycles. The van der Waals surface area contributed by atoms with Crippen LogP contribution in [0.5, 0.6) is 34.5 Å². The van der Waals surface area contributed by atoms with Crippen molar-refractivity contribution >= 4 is 71.2 Å². The molecule has 0 spiro atoms. The summed E-state index contributed by atoms with van der Waals surface area (Å²) in [6.45, 7) is 10.0. The molecule has 6 aromatic rings. The lowest BCUT2D eigenvalue weighted by Gasteiger charge is -2.34. The smallest absolute Gasteiger partial charge is 0.257 e. The number of ether oxygens (including phenoxy) is 6. The minimum atomic E-state index is -0.101. The first-order valence-corrected chi connectivity index (χ1v) is 30.4. The number of allylic oxidation sites excluding steroid dienone is 1. The molecular formula is C70H70N8O10. The maximum atomic E-state index is 13.6. The summed E-state index contributed by atoms with van der Waals surface area (Å²) in [5, 5.41) is 0. The lowest BCUT2D eigenvalue weighted by Crippen LogP contribution is -2.44. The van der Waals surface area contributed by atoms with Crippen LogP contribution >= 0.6 is 0 Å². The maximum Gasteiger partial charge on any atom is 0.257 e. The monoisotopic (exact) mass is 1180 g/mol.